The van der Waals surface area contributed by atoms with E-state index >= 15 is 0 Å². The van der Waals surface area contributed by atoms with Gasteiger partial charge in [0.15, 0.2) is 0 Å². The van der Waals surface area contributed by atoms with Crippen LogP contribution in [0.2, 0.25) is 0 Å². The van der Waals surface area contributed by atoms with E-state index in [0.717, 1.165) is 9.13 Å². The van der Waals surface area contributed by atoms with Gasteiger partial charge in [0.05, 0.1) is 15.5 Å². The molecule has 0 unspecified atom stereocenters. The maximum Gasteiger partial charge on any atom is 0.265 e. The molecule has 0 aliphatic carbocycles. The fourth-order valence-corrected chi connectivity index (χ4v) is 4.65. The largest absolute Gasteiger partial charge is 0.321 e. The first kappa shape index (κ1) is 18.9. The van der Waals surface area contributed by atoms with Crippen LogP contribution in [0.25, 0.3) is 0 Å². The molecule has 0 saturated carbocycles. The zero-order valence-electron chi connectivity index (χ0n) is 13.7. The molecule has 1 aromatic heterocycles. The molecule has 0 radical (unpaired) electrons. The summed E-state index contributed by atoms with van der Waals surface area (Å²) in [4.78, 5) is 12.8. The highest BCUT2D eigenvalue weighted by Gasteiger charge is 2.17. The van der Waals surface area contributed by atoms with Crippen molar-refractivity contribution in [2.75, 3.05) is 10.0 Å². The van der Waals surface area contributed by atoms with Crippen molar-refractivity contribution in [2.24, 2.45) is 0 Å². The lowest BCUT2D eigenvalue weighted by Crippen LogP contribution is -2.15. The summed E-state index contributed by atoms with van der Waals surface area (Å²) < 4.78 is 28.8. The van der Waals surface area contributed by atoms with E-state index in [1.165, 1.54) is 23.5 Å². The van der Waals surface area contributed by atoms with Gasteiger partial charge in [-0.1, -0.05) is 18.2 Å². The number of anilines is 2. The Labute approximate surface area is 169 Å². The van der Waals surface area contributed by atoms with Crippen LogP contribution >= 0.6 is 33.9 Å². The molecule has 1 heterocycles. The van der Waals surface area contributed by atoms with E-state index < -0.39 is 10.0 Å². The fourth-order valence-electron chi connectivity index (χ4n) is 2.26. The molecule has 0 bridgehead atoms. The van der Waals surface area contributed by atoms with Gasteiger partial charge in [0, 0.05) is 9.26 Å². The summed E-state index contributed by atoms with van der Waals surface area (Å²) in [5, 5.41) is 4.53. The lowest BCUT2D eigenvalue weighted by Gasteiger charge is -2.12. The van der Waals surface area contributed by atoms with Crippen molar-refractivity contribution in [1.29, 1.82) is 0 Å². The zero-order chi connectivity index (χ0) is 18.7. The van der Waals surface area contributed by atoms with Crippen LogP contribution in [0.3, 0.4) is 0 Å². The van der Waals surface area contributed by atoms with Crippen molar-refractivity contribution < 1.29 is 13.2 Å². The standard InChI is InChI=1S/C18H15IN2O3S2/c1-12-7-8-15(19)16(10-12)21-26(23,24)14-5-2-4-13(11-14)20-18(22)17-6-3-9-25-17/h2-11,21H,1H3,(H,20,22). The molecular weight excluding hydrogens is 483 g/mol. The lowest BCUT2D eigenvalue weighted by atomic mass is 10.2. The number of carbonyl (C=O) groups is 1. The average molecular weight is 498 g/mol. The van der Waals surface area contributed by atoms with Gasteiger partial charge in [0.2, 0.25) is 0 Å². The van der Waals surface area contributed by atoms with Crippen LogP contribution in [-0.4, -0.2) is 14.3 Å². The molecule has 0 spiro atoms. The summed E-state index contributed by atoms with van der Waals surface area (Å²) in [7, 11) is -3.77. The number of amides is 1. The number of thiophene rings is 1. The van der Waals surface area contributed by atoms with Crippen molar-refractivity contribution in [3.05, 3.63) is 74.0 Å². The molecule has 0 aliphatic rings. The van der Waals surface area contributed by atoms with E-state index in [9.17, 15) is 13.2 Å². The highest BCUT2D eigenvalue weighted by Crippen LogP contribution is 2.24. The van der Waals surface area contributed by atoms with Gasteiger partial charge < -0.3 is 5.32 Å². The van der Waals surface area contributed by atoms with Crippen molar-refractivity contribution in [1.82, 2.24) is 0 Å². The van der Waals surface area contributed by atoms with Crippen molar-refractivity contribution in [3.8, 4) is 0 Å². The van der Waals surface area contributed by atoms with Crippen LogP contribution in [0.15, 0.2) is 64.9 Å². The van der Waals surface area contributed by atoms with Gasteiger partial charge in [-0.15, -0.1) is 11.3 Å². The van der Waals surface area contributed by atoms with Crippen LogP contribution in [0.4, 0.5) is 11.4 Å². The number of rotatable bonds is 5. The Hall–Kier alpha value is -1.91. The summed E-state index contributed by atoms with van der Waals surface area (Å²) in [6, 6.07) is 15.2. The van der Waals surface area contributed by atoms with Crippen molar-refractivity contribution in [2.45, 2.75) is 11.8 Å². The van der Waals surface area contributed by atoms with Crippen LogP contribution in [-0.2, 0) is 10.0 Å². The van der Waals surface area contributed by atoms with Gasteiger partial charge >= 0.3 is 0 Å². The van der Waals surface area contributed by atoms with Gasteiger partial charge in [-0.25, -0.2) is 8.42 Å². The number of aryl methyl sites for hydroxylation is 1. The molecule has 0 saturated heterocycles. The second-order valence-electron chi connectivity index (χ2n) is 5.55. The molecule has 1 amide bonds. The predicted octanol–water partition coefficient (Wildman–Crippen LogP) is 4.71. The number of carbonyl (C=O) groups excluding carboxylic acids is 1. The molecular formula is C18H15IN2O3S2. The zero-order valence-corrected chi connectivity index (χ0v) is 17.5. The smallest absolute Gasteiger partial charge is 0.265 e. The topological polar surface area (TPSA) is 75.3 Å². The van der Waals surface area contributed by atoms with Gasteiger partial charge in [-0.3, -0.25) is 9.52 Å². The SMILES string of the molecule is Cc1ccc(I)c(NS(=O)(=O)c2cccc(NC(=O)c3cccs3)c2)c1. The van der Waals surface area contributed by atoms with E-state index in [1.807, 2.05) is 24.4 Å². The van der Waals surface area contributed by atoms with E-state index in [0.29, 0.717) is 16.3 Å². The van der Waals surface area contributed by atoms with Gasteiger partial charge in [0.1, 0.15) is 0 Å². The summed E-state index contributed by atoms with van der Waals surface area (Å²) in [6.07, 6.45) is 0. The molecule has 0 atom stereocenters. The quantitative estimate of drug-likeness (QED) is 0.501. The summed E-state index contributed by atoms with van der Waals surface area (Å²) in [5.74, 6) is -0.268. The first-order valence-corrected chi connectivity index (χ1v) is 11.0. The Morgan fingerprint density at radius 3 is 2.62 bits per heavy atom. The first-order valence-electron chi connectivity index (χ1n) is 7.59. The van der Waals surface area contributed by atoms with Crippen LogP contribution < -0.4 is 10.0 Å². The molecule has 5 nitrogen and oxygen atoms in total. The van der Waals surface area contributed by atoms with E-state index in [2.05, 4.69) is 32.6 Å². The minimum Gasteiger partial charge on any atom is -0.321 e. The summed E-state index contributed by atoms with van der Waals surface area (Å²) in [5.41, 5.74) is 1.91. The highest BCUT2D eigenvalue weighted by molar-refractivity contribution is 14.1. The molecule has 0 aliphatic heterocycles. The highest BCUT2D eigenvalue weighted by atomic mass is 127. The Morgan fingerprint density at radius 2 is 1.88 bits per heavy atom. The summed E-state index contributed by atoms with van der Waals surface area (Å²) >= 11 is 3.40. The maximum absolute atomic E-state index is 12.7. The monoisotopic (exact) mass is 498 g/mol. The number of nitrogens with one attached hydrogen (secondary N) is 2. The third-order valence-electron chi connectivity index (χ3n) is 3.51. The Bertz CT molecular complexity index is 1050. The van der Waals surface area contributed by atoms with Gasteiger partial charge in [-0.2, -0.15) is 0 Å². The minimum absolute atomic E-state index is 0.0822. The average Bonchev–Trinajstić information content (AvgIpc) is 3.13. The first-order chi connectivity index (χ1) is 12.3. The van der Waals surface area contributed by atoms with Gasteiger partial charge in [-0.05, 0) is 76.9 Å². The molecule has 3 rings (SSSR count). The second kappa shape index (κ2) is 7.77. The van der Waals surface area contributed by atoms with E-state index in [4.69, 9.17) is 0 Å². The second-order valence-corrected chi connectivity index (χ2v) is 9.34. The molecule has 2 aromatic carbocycles. The normalized spacial score (nSPS) is 11.2. The third-order valence-corrected chi connectivity index (χ3v) is 6.69. The minimum atomic E-state index is -3.77. The number of benzene rings is 2. The van der Waals surface area contributed by atoms with Crippen LogP contribution in [0, 0.1) is 10.5 Å². The summed E-state index contributed by atoms with van der Waals surface area (Å²) in [6.45, 7) is 1.90. The number of halogens is 1. The third kappa shape index (κ3) is 4.43. The van der Waals surface area contributed by atoms with Crippen molar-refractivity contribution in [3.63, 3.8) is 0 Å². The molecule has 0 fully saturated rings. The molecule has 8 heteroatoms. The van der Waals surface area contributed by atoms with Crippen LogP contribution in [0.5, 0.6) is 0 Å². The lowest BCUT2D eigenvalue weighted by molar-refractivity contribution is 0.103. The fraction of sp³-hybridized carbons (Fsp3) is 0.0556. The van der Waals surface area contributed by atoms with Crippen LogP contribution in [0.1, 0.15) is 15.2 Å². The number of hydrogen-bond donors (Lipinski definition) is 2. The maximum atomic E-state index is 12.7. The van der Waals surface area contributed by atoms with Gasteiger partial charge in [0.25, 0.3) is 15.9 Å². The Kier molecular flexibility index (Phi) is 5.64. The molecule has 3 aromatic rings. The Balaban J connectivity index is 1.84. The molecule has 26 heavy (non-hydrogen) atoms. The molecule has 134 valence electrons. The van der Waals surface area contributed by atoms with E-state index in [1.54, 1.807) is 30.3 Å². The Morgan fingerprint density at radius 1 is 1.08 bits per heavy atom. The van der Waals surface area contributed by atoms with Crippen molar-refractivity contribution >= 4 is 61.2 Å². The number of hydrogen-bond acceptors (Lipinski definition) is 4. The predicted molar refractivity (Wildman–Crippen MR) is 113 cm³/mol. The molecule has 2 N–H and O–H groups in total. The van der Waals surface area contributed by atoms with E-state index in [-0.39, 0.29) is 10.8 Å². The number of sulfonamides is 1.